The summed E-state index contributed by atoms with van der Waals surface area (Å²) in [5.74, 6) is 2.07. The van der Waals surface area contributed by atoms with E-state index in [1.165, 1.54) is 0 Å². The Morgan fingerprint density at radius 2 is 2.00 bits per heavy atom. The quantitative estimate of drug-likeness (QED) is 0.785. The number of nitrogens with zero attached hydrogens (tertiary/aromatic N) is 2. The molecule has 0 aliphatic carbocycles. The Kier molecular flexibility index (Phi) is 5.79. The minimum Gasteiger partial charge on any atom is -0.497 e. The van der Waals surface area contributed by atoms with Crippen LogP contribution in [0, 0.1) is 6.92 Å². The maximum Gasteiger partial charge on any atom is 0.228 e. The standard InChI is InChI=1S/C18H24N2O3/c1-5-6-11-20(3)17(21)12-16-13(2)23-18(19-16)14-7-9-15(22-4)10-8-14/h7-10H,5-6,11-12H2,1-4H3. The molecule has 5 nitrogen and oxygen atoms in total. The number of benzene rings is 1. The number of aryl methyl sites for hydroxylation is 1. The Labute approximate surface area is 137 Å². The van der Waals surface area contributed by atoms with E-state index in [0.717, 1.165) is 30.7 Å². The molecule has 0 atom stereocenters. The second kappa shape index (κ2) is 7.81. The molecule has 124 valence electrons. The van der Waals surface area contributed by atoms with Crippen LogP contribution in [0.1, 0.15) is 31.2 Å². The van der Waals surface area contributed by atoms with Gasteiger partial charge in [-0.25, -0.2) is 4.98 Å². The van der Waals surface area contributed by atoms with E-state index < -0.39 is 0 Å². The van der Waals surface area contributed by atoms with Gasteiger partial charge in [0.25, 0.3) is 0 Å². The van der Waals surface area contributed by atoms with Crippen LogP contribution in [-0.4, -0.2) is 36.5 Å². The molecule has 0 radical (unpaired) electrons. The fraction of sp³-hybridized carbons (Fsp3) is 0.444. The highest BCUT2D eigenvalue weighted by Crippen LogP contribution is 2.24. The van der Waals surface area contributed by atoms with E-state index in [1.54, 1.807) is 12.0 Å². The molecule has 1 aromatic heterocycles. The Morgan fingerprint density at radius 1 is 1.30 bits per heavy atom. The molecule has 0 saturated carbocycles. The van der Waals surface area contributed by atoms with Gasteiger partial charge in [-0.05, 0) is 37.6 Å². The van der Waals surface area contributed by atoms with Gasteiger partial charge in [0.05, 0.1) is 19.2 Å². The van der Waals surface area contributed by atoms with Crippen LogP contribution in [0.5, 0.6) is 5.75 Å². The first kappa shape index (κ1) is 17.1. The molecule has 0 fully saturated rings. The van der Waals surface area contributed by atoms with Gasteiger partial charge in [0.15, 0.2) is 0 Å². The van der Waals surface area contributed by atoms with Crippen LogP contribution in [-0.2, 0) is 11.2 Å². The smallest absolute Gasteiger partial charge is 0.228 e. The van der Waals surface area contributed by atoms with E-state index in [4.69, 9.17) is 9.15 Å². The highest BCUT2D eigenvalue weighted by Gasteiger charge is 2.17. The van der Waals surface area contributed by atoms with Gasteiger partial charge < -0.3 is 14.1 Å². The van der Waals surface area contributed by atoms with Crippen LogP contribution in [0.15, 0.2) is 28.7 Å². The van der Waals surface area contributed by atoms with E-state index in [0.29, 0.717) is 17.3 Å². The molecule has 1 aromatic carbocycles. The van der Waals surface area contributed by atoms with Gasteiger partial charge >= 0.3 is 0 Å². The summed E-state index contributed by atoms with van der Waals surface area (Å²) < 4.78 is 10.9. The largest absolute Gasteiger partial charge is 0.497 e. The Balaban J connectivity index is 2.09. The van der Waals surface area contributed by atoms with Crippen molar-refractivity contribution in [1.29, 1.82) is 0 Å². The lowest BCUT2D eigenvalue weighted by molar-refractivity contribution is -0.129. The van der Waals surface area contributed by atoms with E-state index >= 15 is 0 Å². The number of unbranched alkanes of at least 4 members (excludes halogenated alkanes) is 1. The molecule has 2 rings (SSSR count). The fourth-order valence-corrected chi connectivity index (χ4v) is 2.25. The van der Waals surface area contributed by atoms with Crippen LogP contribution in [0.25, 0.3) is 11.5 Å². The highest BCUT2D eigenvalue weighted by molar-refractivity contribution is 5.78. The van der Waals surface area contributed by atoms with Gasteiger partial charge in [0.2, 0.25) is 11.8 Å². The fourth-order valence-electron chi connectivity index (χ4n) is 2.25. The summed E-state index contributed by atoms with van der Waals surface area (Å²) in [5, 5.41) is 0. The van der Waals surface area contributed by atoms with Crippen molar-refractivity contribution in [2.75, 3.05) is 20.7 Å². The van der Waals surface area contributed by atoms with Crippen molar-refractivity contribution in [2.24, 2.45) is 0 Å². The molecule has 0 aliphatic rings. The molecular formula is C18H24N2O3. The van der Waals surface area contributed by atoms with Crippen LogP contribution in [0.2, 0.25) is 0 Å². The van der Waals surface area contributed by atoms with E-state index in [-0.39, 0.29) is 12.3 Å². The molecule has 5 heteroatoms. The molecule has 0 bridgehead atoms. The topological polar surface area (TPSA) is 55.6 Å². The van der Waals surface area contributed by atoms with Crippen molar-refractivity contribution in [2.45, 2.75) is 33.1 Å². The van der Waals surface area contributed by atoms with E-state index in [2.05, 4.69) is 11.9 Å². The number of hydrogen-bond acceptors (Lipinski definition) is 4. The van der Waals surface area contributed by atoms with Crippen LogP contribution >= 0.6 is 0 Å². The molecule has 1 amide bonds. The summed E-state index contributed by atoms with van der Waals surface area (Å²) in [4.78, 5) is 18.5. The first-order valence-electron chi connectivity index (χ1n) is 7.89. The zero-order chi connectivity index (χ0) is 16.8. The molecular weight excluding hydrogens is 292 g/mol. The zero-order valence-corrected chi connectivity index (χ0v) is 14.3. The number of carbonyl (C=O) groups is 1. The van der Waals surface area contributed by atoms with Crippen molar-refractivity contribution >= 4 is 5.91 Å². The molecule has 0 unspecified atom stereocenters. The lowest BCUT2D eigenvalue weighted by Gasteiger charge is -2.15. The van der Waals surface area contributed by atoms with Gasteiger partial charge in [0, 0.05) is 19.2 Å². The minimum absolute atomic E-state index is 0.0659. The Bertz CT molecular complexity index is 647. The minimum atomic E-state index is 0.0659. The maximum atomic E-state index is 12.2. The van der Waals surface area contributed by atoms with Crippen molar-refractivity contribution in [3.8, 4) is 17.2 Å². The van der Waals surface area contributed by atoms with Crippen LogP contribution < -0.4 is 4.74 Å². The molecule has 0 N–H and O–H groups in total. The number of methoxy groups -OCH3 is 1. The summed E-state index contributed by atoms with van der Waals surface area (Å²) in [7, 11) is 3.46. The molecule has 1 heterocycles. The normalized spacial score (nSPS) is 10.6. The average molecular weight is 316 g/mol. The number of hydrogen-bond donors (Lipinski definition) is 0. The molecule has 0 aliphatic heterocycles. The van der Waals surface area contributed by atoms with Gasteiger partial charge in [-0.1, -0.05) is 13.3 Å². The molecule has 0 spiro atoms. The maximum absolute atomic E-state index is 12.2. The SMILES string of the molecule is CCCCN(C)C(=O)Cc1nc(-c2ccc(OC)cc2)oc1C. The average Bonchev–Trinajstić information content (AvgIpc) is 2.93. The van der Waals surface area contributed by atoms with E-state index in [1.807, 2.05) is 38.2 Å². The number of rotatable bonds is 7. The number of oxazole rings is 1. The Morgan fingerprint density at radius 3 is 2.61 bits per heavy atom. The van der Waals surface area contributed by atoms with Crippen molar-refractivity contribution in [3.63, 3.8) is 0 Å². The van der Waals surface area contributed by atoms with Gasteiger partial charge in [-0.3, -0.25) is 4.79 Å². The predicted molar refractivity (Wildman–Crippen MR) is 89.5 cm³/mol. The lowest BCUT2D eigenvalue weighted by Crippen LogP contribution is -2.29. The predicted octanol–water partition coefficient (Wildman–Crippen LogP) is 3.46. The molecule has 0 saturated heterocycles. The second-order valence-corrected chi connectivity index (χ2v) is 5.60. The summed E-state index contributed by atoms with van der Waals surface area (Å²) in [6.07, 6.45) is 2.35. The number of aromatic nitrogens is 1. The number of ether oxygens (including phenoxy) is 1. The summed E-state index contributed by atoms with van der Waals surface area (Å²) in [6, 6.07) is 7.50. The third-order valence-electron chi connectivity index (χ3n) is 3.82. The van der Waals surface area contributed by atoms with Crippen molar-refractivity contribution in [3.05, 3.63) is 35.7 Å². The highest BCUT2D eigenvalue weighted by atomic mass is 16.5. The zero-order valence-electron chi connectivity index (χ0n) is 14.3. The first-order valence-corrected chi connectivity index (χ1v) is 7.89. The van der Waals surface area contributed by atoms with Gasteiger partial charge in [-0.15, -0.1) is 0 Å². The third-order valence-corrected chi connectivity index (χ3v) is 3.82. The molecule has 23 heavy (non-hydrogen) atoms. The van der Waals surface area contributed by atoms with Crippen LogP contribution in [0.3, 0.4) is 0 Å². The number of carbonyl (C=O) groups excluding carboxylic acids is 1. The van der Waals surface area contributed by atoms with E-state index in [9.17, 15) is 4.79 Å². The van der Waals surface area contributed by atoms with Crippen LogP contribution in [0.4, 0.5) is 0 Å². The summed E-state index contributed by atoms with van der Waals surface area (Å²) in [5.41, 5.74) is 1.57. The van der Waals surface area contributed by atoms with Crippen molar-refractivity contribution < 1.29 is 13.9 Å². The van der Waals surface area contributed by atoms with Crippen molar-refractivity contribution in [1.82, 2.24) is 9.88 Å². The lowest BCUT2D eigenvalue weighted by atomic mass is 10.2. The van der Waals surface area contributed by atoms with Gasteiger partial charge in [0.1, 0.15) is 11.5 Å². The first-order chi connectivity index (χ1) is 11.0. The monoisotopic (exact) mass is 316 g/mol. The third kappa shape index (κ3) is 4.34. The number of amides is 1. The van der Waals surface area contributed by atoms with Gasteiger partial charge in [-0.2, -0.15) is 0 Å². The Hall–Kier alpha value is -2.30. The second-order valence-electron chi connectivity index (χ2n) is 5.60. The molecule has 2 aromatic rings. The summed E-state index contributed by atoms with van der Waals surface area (Å²) >= 11 is 0. The number of likely N-dealkylation sites (N-methyl/N-ethyl adjacent to an activating group) is 1. The summed E-state index contributed by atoms with van der Waals surface area (Å²) in [6.45, 7) is 4.73.